The zero-order valence-electron chi connectivity index (χ0n) is 7.66. The van der Waals surface area contributed by atoms with Crippen molar-refractivity contribution in [2.24, 2.45) is 0 Å². The van der Waals surface area contributed by atoms with Crippen molar-refractivity contribution in [1.82, 2.24) is 15.2 Å². The number of halogens is 1. The van der Waals surface area contributed by atoms with Crippen molar-refractivity contribution in [3.8, 4) is 0 Å². The molecule has 0 saturated heterocycles. The predicted molar refractivity (Wildman–Crippen MR) is 60.8 cm³/mol. The van der Waals surface area contributed by atoms with Gasteiger partial charge in [0.25, 0.3) is 0 Å². The van der Waals surface area contributed by atoms with E-state index < -0.39 is 0 Å². The van der Waals surface area contributed by atoms with E-state index >= 15 is 0 Å². The van der Waals surface area contributed by atoms with Gasteiger partial charge in [0, 0.05) is 5.39 Å². The molecule has 5 heteroatoms. The molecule has 15 heavy (non-hydrogen) atoms. The Hall–Kier alpha value is -1.81. The van der Waals surface area contributed by atoms with E-state index in [9.17, 15) is 0 Å². The maximum absolute atomic E-state index is 6.03. The Morgan fingerprint density at radius 2 is 2.07 bits per heavy atom. The first kappa shape index (κ1) is 8.49. The fraction of sp³-hybridized carbons (Fsp3) is 0. The van der Waals surface area contributed by atoms with Crippen molar-refractivity contribution in [2.75, 3.05) is 5.73 Å². The smallest absolute Gasteiger partial charge is 0.156 e. The maximum Gasteiger partial charge on any atom is 0.156 e. The largest absolute Gasteiger partial charge is 0.382 e. The second-order valence-electron chi connectivity index (χ2n) is 3.28. The molecule has 0 amide bonds. The van der Waals surface area contributed by atoms with Gasteiger partial charge in [-0.25, -0.2) is 4.98 Å². The summed E-state index contributed by atoms with van der Waals surface area (Å²) in [6, 6.07) is 7.71. The molecule has 0 aliphatic rings. The van der Waals surface area contributed by atoms with Gasteiger partial charge in [0.15, 0.2) is 5.82 Å². The summed E-state index contributed by atoms with van der Waals surface area (Å²) in [6.07, 6.45) is 0. The van der Waals surface area contributed by atoms with Crippen LogP contribution in [0, 0.1) is 0 Å². The van der Waals surface area contributed by atoms with E-state index in [2.05, 4.69) is 15.2 Å². The van der Waals surface area contributed by atoms with Gasteiger partial charge in [-0.1, -0.05) is 29.8 Å². The molecule has 3 aromatic rings. The number of hydrogen-bond donors (Lipinski definition) is 2. The van der Waals surface area contributed by atoms with Crippen LogP contribution in [0.3, 0.4) is 0 Å². The second-order valence-corrected chi connectivity index (χ2v) is 3.64. The van der Waals surface area contributed by atoms with Crippen molar-refractivity contribution < 1.29 is 0 Å². The van der Waals surface area contributed by atoms with Crippen LogP contribution in [-0.2, 0) is 0 Å². The summed E-state index contributed by atoms with van der Waals surface area (Å²) in [5, 5.41) is 8.85. The minimum Gasteiger partial charge on any atom is -0.382 e. The van der Waals surface area contributed by atoms with E-state index in [0.717, 1.165) is 16.4 Å². The molecule has 3 rings (SSSR count). The Balaban J connectivity index is 2.65. The number of rotatable bonds is 0. The number of aromatic amines is 1. The lowest BCUT2D eigenvalue weighted by atomic mass is 10.2. The van der Waals surface area contributed by atoms with E-state index in [1.165, 1.54) is 0 Å². The van der Waals surface area contributed by atoms with Crippen LogP contribution in [0.15, 0.2) is 24.3 Å². The van der Waals surface area contributed by atoms with Gasteiger partial charge < -0.3 is 5.73 Å². The van der Waals surface area contributed by atoms with E-state index in [1.54, 1.807) is 0 Å². The first-order valence-corrected chi connectivity index (χ1v) is 4.83. The summed E-state index contributed by atoms with van der Waals surface area (Å²) in [4.78, 5) is 4.26. The highest BCUT2D eigenvalue weighted by molar-refractivity contribution is 6.36. The number of hydrogen-bond acceptors (Lipinski definition) is 3. The molecule has 74 valence electrons. The third-order valence-corrected chi connectivity index (χ3v) is 2.67. The molecule has 0 saturated carbocycles. The number of para-hydroxylation sites is 1. The van der Waals surface area contributed by atoms with Crippen LogP contribution in [0.25, 0.3) is 21.8 Å². The minimum absolute atomic E-state index is 0.383. The highest BCUT2D eigenvalue weighted by atomic mass is 35.5. The lowest BCUT2D eigenvalue weighted by Gasteiger charge is -1.99. The number of nitrogen functional groups attached to an aromatic ring is 1. The zero-order chi connectivity index (χ0) is 10.4. The summed E-state index contributed by atoms with van der Waals surface area (Å²) in [6.45, 7) is 0. The summed E-state index contributed by atoms with van der Waals surface area (Å²) in [5.41, 5.74) is 7.37. The standard InChI is InChI=1S/C10H7ClN4/c11-9-7-8(14-15-10(7)12)5-3-1-2-4-6(5)13-9/h1-4H,(H3,12,14,15). The third kappa shape index (κ3) is 1.08. The topological polar surface area (TPSA) is 67.6 Å². The highest BCUT2D eigenvalue weighted by Crippen LogP contribution is 2.30. The molecule has 2 heterocycles. The lowest BCUT2D eigenvalue weighted by molar-refractivity contribution is 1.13. The summed E-state index contributed by atoms with van der Waals surface area (Å²) < 4.78 is 0. The Labute approximate surface area is 90.1 Å². The number of benzene rings is 1. The van der Waals surface area contributed by atoms with Crippen molar-refractivity contribution in [2.45, 2.75) is 0 Å². The van der Waals surface area contributed by atoms with Crippen LogP contribution in [0.4, 0.5) is 5.82 Å². The summed E-state index contributed by atoms with van der Waals surface area (Å²) in [5.74, 6) is 0.383. The Morgan fingerprint density at radius 3 is 2.93 bits per heavy atom. The van der Waals surface area contributed by atoms with Gasteiger partial charge in [-0.15, -0.1) is 0 Å². The Morgan fingerprint density at radius 1 is 1.27 bits per heavy atom. The quantitative estimate of drug-likeness (QED) is 0.569. The molecule has 3 N–H and O–H groups in total. The second kappa shape index (κ2) is 2.84. The van der Waals surface area contributed by atoms with Gasteiger partial charge in [-0.2, -0.15) is 5.10 Å². The number of pyridine rings is 1. The molecule has 0 spiro atoms. The van der Waals surface area contributed by atoms with Crippen LogP contribution >= 0.6 is 11.6 Å². The minimum atomic E-state index is 0.383. The molecule has 0 aliphatic carbocycles. The first-order chi connectivity index (χ1) is 7.27. The zero-order valence-corrected chi connectivity index (χ0v) is 8.42. The molecule has 2 aromatic heterocycles. The Kier molecular flexibility index (Phi) is 1.61. The van der Waals surface area contributed by atoms with Gasteiger partial charge in [-0.3, -0.25) is 5.10 Å². The van der Waals surface area contributed by atoms with Crippen LogP contribution in [0.5, 0.6) is 0 Å². The van der Waals surface area contributed by atoms with Crippen molar-refractivity contribution >= 4 is 39.2 Å². The molecular formula is C10H7ClN4. The molecule has 0 aliphatic heterocycles. The molecule has 0 unspecified atom stereocenters. The van der Waals surface area contributed by atoms with Crippen molar-refractivity contribution in [1.29, 1.82) is 0 Å². The monoisotopic (exact) mass is 218 g/mol. The van der Waals surface area contributed by atoms with E-state index in [0.29, 0.717) is 16.4 Å². The molecular weight excluding hydrogens is 212 g/mol. The lowest BCUT2D eigenvalue weighted by Crippen LogP contribution is -1.86. The SMILES string of the molecule is Nc1n[nH]c2c1c(Cl)nc1ccccc12. The fourth-order valence-electron chi connectivity index (χ4n) is 1.70. The number of anilines is 1. The van der Waals surface area contributed by atoms with E-state index in [4.69, 9.17) is 17.3 Å². The number of nitrogens with two attached hydrogens (primary N) is 1. The third-order valence-electron chi connectivity index (χ3n) is 2.39. The number of aromatic nitrogens is 3. The number of nitrogens with one attached hydrogen (secondary N) is 1. The Bertz CT molecular complexity index is 659. The number of fused-ring (bicyclic) bond motifs is 3. The predicted octanol–water partition coefficient (Wildman–Crippen LogP) is 2.35. The highest BCUT2D eigenvalue weighted by Gasteiger charge is 2.11. The van der Waals surface area contributed by atoms with Gasteiger partial charge >= 0.3 is 0 Å². The van der Waals surface area contributed by atoms with Crippen molar-refractivity contribution in [3.05, 3.63) is 29.4 Å². The van der Waals surface area contributed by atoms with Crippen LogP contribution in [-0.4, -0.2) is 15.2 Å². The molecule has 0 atom stereocenters. The number of nitrogens with zero attached hydrogens (tertiary/aromatic N) is 2. The first-order valence-electron chi connectivity index (χ1n) is 4.45. The van der Waals surface area contributed by atoms with Gasteiger partial charge in [0.05, 0.1) is 16.4 Å². The average Bonchev–Trinajstić information content (AvgIpc) is 2.62. The van der Waals surface area contributed by atoms with Crippen molar-refractivity contribution in [3.63, 3.8) is 0 Å². The molecule has 4 nitrogen and oxygen atoms in total. The van der Waals surface area contributed by atoms with Crippen LogP contribution < -0.4 is 5.73 Å². The summed E-state index contributed by atoms with van der Waals surface area (Å²) >= 11 is 6.03. The molecule has 0 radical (unpaired) electrons. The van der Waals surface area contributed by atoms with Gasteiger partial charge in [-0.05, 0) is 6.07 Å². The van der Waals surface area contributed by atoms with Crippen LogP contribution in [0.2, 0.25) is 5.15 Å². The van der Waals surface area contributed by atoms with Gasteiger partial charge in [0.2, 0.25) is 0 Å². The molecule has 1 aromatic carbocycles. The average molecular weight is 219 g/mol. The normalized spacial score (nSPS) is 11.3. The fourth-order valence-corrected chi connectivity index (χ4v) is 1.99. The number of H-pyrrole nitrogens is 1. The van der Waals surface area contributed by atoms with Crippen LogP contribution in [0.1, 0.15) is 0 Å². The maximum atomic E-state index is 6.03. The van der Waals surface area contributed by atoms with E-state index in [1.807, 2.05) is 24.3 Å². The van der Waals surface area contributed by atoms with Gasteiger partial charge in [0.1, 0.15) is 5.15 Å². The molecule has 0 bridgehead atoms. The summed E-state index contributed by atoms with van der Waals surface area (Å²) in [7, 11) is 0. The van der Waals surface area contributed by atoms with E-state index in [-0.39, 0.29) is 0 Å². The molecule has 0 fully saturated rings.